The first-order valence-corrected chi connectivity index (χ1v) is 34.3. The first-order valence-electron chi connectivity index (χ1n) is 16.7. The van der Waals surface area contributed by atoms with E-state index in [0.29, 0.717) is 0 Å². The molecule has 0 aromatic heterocycles. The van der Waals surface area contributed by atoms with E-state index in [1.54, 1.807) is 0 Å². The quantitative estimate of drug-likeness (QED) is 0.136. The van der Waals surface area contributed by atoms with Crippen LogP contribution >= 0.6 is 17.0 Å². The van der Waals surface area contributed by atoms with Crippen LogP contribution in [0.4, 0.5) is 0 Å². The molecule has 0 bridgehead atoms. The van der Waals surface area contributed by atoms with Gasteiger partial charge in [0, 0.05) is 0 Å². The molecular formula is C40H46Cl2SiZr. The van der Waals surface area contributed by atoms with E-state index in [1.807, 2.05) is 0 Å². The van der Waals surface area contributed by atoms with Crippen molar-refractivity contribution in [3.63, 3.8) is 0 Å². The molecule has 0 saturated carbocycles. The fourth-order valence-corrected chi connectivity index (χ4v) is 52.0. The number of benzene rings is 4. The summed E-state index contributed by atoms with van der Waals surface area (Å²) in [5.41, 5.74) is 10.7. The Balaban J connectivity index is 1.65. The van der Waals surface area contributed by atoms with Crippen LogP contribution in [0.5, 0.6) is 0 Å². The van der Waals surface area contributed by atoms with Gasteiger partial charge < -0.3 is 0 Å². The molecular weight excluding hydrogens is 671 g/mol. The van der Waals surface area contributed by atoms with Crippen LogP contribution in [0.2, 0.25) is 13.1 Å². The number of hydrogen-bond donors (Lipinski definition) is 0. The zero-order valence-corrected chi connectivity index (χ0v) is 31.8. The van der Waals surface area contributed by atoms with Crippen LogP contribution in [0.15, 0.2) is 109 Å². The third-order valence-electron chi connectivity index (χ3n) is 11.2. The first kappa shape index (κ1) is 32.0. The van der Waals surface area contributed by atoms with Crippen LogP contribution in [0, 0.1) is 0 Å². The molecule has 0 radical (unpaired) electrons. The number of allylic oxidation sites excluding steroid dienone is 2. The van der Waals surface area contributed by atoms with Crippen molar-refractivity contribution in [3.05, 3.63) is 137 Å². The van der Waals surface area contributed by atoms with Crippen LogP contribution < -0.4 is 3.27 Å². The normalized spacial score (nSPS) is 18.9. The van der Waals surface area contributed by atoms with E-state index < -0.39 is 20.0 Å². The predicted molar refractivity (Wildman–Crippen MR) is 196 cm³/mol. The summed E-state index contributed by atoms with van der Waals surface area (Å²) in [7, 11) is 18.1. The minimum atomic E-state index is -5.74. The number of fused-ring (bicyclic) bond motifs is 2. The van der Waals surface area contributed by atoms with Crippen molar-refractivity contribution in [2.75, 3.05) is 0 Å². The SMILES string of the molecule is CCCCC1=Cc2c(-c3ccc(CCCC)cc3)cccc2[CH]1[Zr]([Cl])([Cl])([c]1ccccc1)([CH]1C=Cc2ccccc21)[SiH](C)C. The molecule has 4 heteroatoms. The molecule has 0 N–H and O–H groups in total. The topological polar surface area (TPSA) is 0 Å². The fourth-order valence-electron chi connectivity index (χ4n) is 8.63. The van der Waals surface area contributed by atoms with Gasteiger partial charge in [-0.15, -0.1) is 0 Å². The van der Waals surface area contributed by atoms with E-state index in [4.69, 9.17) is 17.0 Å². The van der Waals surface area contributed by atoms with Gasteiger partial charge in [0.1, 0.15) is 0 Å². The summed E-state index contributed by atoms with van der Waals surface area (Å²) >= 11 is -5.74. The van der Waals surface area contributed by atoms with Gasteiger partial charge in [0.05, 0.1) is 0 Å². The maximum atomic E-state index is 9.06. The van der Waals surface area contributed by atoms with Crippen LogP contribution in [-0.4, -0.2) is 5.92 Å². The number of hydrogen-bond acceptors (Lipinski definition) is 0. The van der Waals surface area contributed by atoms with Gasteiger partial charge in [-0.05, 0) is 0 Å². The second-order valence-corrected chi connectivity index (χ2v) is 64.7. The van der Waals surface area contributed by atoms with Gasteiger partial charge in [-0.25, -0.2) is 0 Å². The standard InChI is InChI=1S/C23H27.C9H7.C6H5.C2H7Si.2ClH.Zr/c1-3-5-8-18-12-14-20(15-13-18)22-11-7-10-21-16-19(9-6-4-2)17-23(21)22;1-2-5-9-7-3-6-8(9)4-1;1-2-4-6-5-3-1;1-3-2;;;/h7,10-17H,3-6,8-9H2,1-2H3;1-7H;1-5H;3H,1-2H3;2*1H;/q;;;;;;+2/p-2. The summed E-state index contributed by atoms with van der Waals surface area (Å²) in [6.07, 6.45) is 14.1. The molecule has 4 aromatic carbocycles. The number of rotatable bonds is 11. The van der Waals surface area contributed by atoms with Gasteiger partial charge in [-0.1, -0.05) is 0 Å². The summed E-state index contributed by atoms with van der Waals surface area (Å²) in [6, 6.07) is 36.0. The van der Waals surface area contributed by atoms with Crippen molar-refractivity contribution in [2.24, 2.45) is 0 Å². The summed E-state index contributed by atoms with van der Waals surface area (Å²) in [6.45, 7) is 9.45. The average molecular weight is 717 g/mol. The van der Waals surface area contributed by atoms with Gasteiger partial charge in [-0.3, -0.25) is 0 Å². The first-order chi connectivity index (χ1) is 21.2. The summed E-state index contributed by atoms with van der Waals surface area (Å²) in [5, 5.41) is 0. The number of aryl methyl sites for hydroxylation is 1. The summed E-state index contributed by atoms with van der Waals surface area (Å²) in [5.74, 6) is -1.84. The second-order valence-electron chi connectivity index (χ2n) is 13.7. The molecule has 228 valence electrons. The molecule has 0 nitrogen and oxygen atoms in total. The predicted octanol–water partition coefficient (Wildman–Crippen LogP) is 11.9. The molecule has 0 heterocycles. The Morgan fingerprint density at radius 2 is 1.36 bits per heavy atom. The molecule has 0 amide bonds. The van der Waals surface area contributed by atoms with Crippen molar-refractivity contribution in [3.8, 4) is 11.1 Å². The van der Waals surface area contributed by atoms with E-state index in [2.05, 4.69) is 142 Å². The molecule has 6 rings (SSSR count). The third-order valence-corrected chi connectivity index (χ3v) is 78.4. The minimum absolute atomic E-state index is 0.000247. The number of halogens is 2. The third kappa shape index (κ3) is 4.69. The Morgan fingerprint density at radius 1 is 0.705 bits per heavy atom. The van der Waals surface area contributed by atoms with Gasteiger partial charge in [-0.2, -0.15) is 0 Å². The average Bonchev–Trinajstić information content (AvgIpc) is 3.67. The van der Waals surface area contributed by atoms with Crippen molar-refractivity contribution in [1.29, 1.82) is 0 Å². The van der Waals surface area contributed by atoms with Gasteiger partial charge >= 0.3 is 273 Å². The van der Waals surface area contributed by atoms with E-state index in [1.165, 1.54) is 60.6 Å². The van der Waals surface area contributed by atoms with Crippen molar-refractivity contribution >= 4 is 38.4 Å². The zero-order chi connectivity index (χ0) is 31.0. The van der Waals surface area contributed by atoms with E-state index in [9.17, 15) is 0 Å². The van der Waals surface area contributed by atoms with E-state index in [-0.39, 0.29) is 7.25 Å². The Labute approximate surface area is 270 Å². The van der Waals surface area contributed by atoms with Crippen LogP contribution in [0.3, 0.4) is 0 Å². The molecule has 0 saturated heterocycles. The monoisotopic (exact) mass is 714 g/mol. The molecule has 0 aliphatic heterocycles. The van der Waals surface area contributed by atoms with Crippen LogP contribution in [-0.2, 0) is 20.5 Å². The number of unbranched alkanes of at least 4 members (excludes halogenated alkanes) is 2. The van der Waals surface area contributed by atoms with Gasteiger partial charge in [0.15, 0.2) is 0 Å². The Kier molecular flexibility index (Phi) is 8.73. The molecule has 2 atom stereocenters. The molecule has 0 fully saturated rings. The second kappa shape index (κ2) is 12.0. The fraction of sp³-hybridized carbons (Fsp3) is 0.300. The maximum absolute atomic E-state index is 9.06. The molecule has 2 aliphatic carbocycles. The van der Waals surface area contributed by atoms with Crippen LogP contribution in [0.1, 0.15) is 81.0 Å². The Bertz CT molecular complexity index is 1740. The van der Waals surface area contributed by atoms with Gasteiger partial charge in [0.25, 0.3) is 0 Å². The summed E-state index contributed by atoms with van der Waals surface area (Å²) < 4.78 is 1.21. The molecule has 44 heavy (non-hydrogen) atoms. The van der Waals surface area contributed by atoms with Crippen molar-refractivity contribution < 1.29 is 14.1 Å². The molecule has 0 spiro atoms. The van der Waals surface area contributed by atoms with Crippen molar-refractivity contribution in [1.82, 2.24) is 0 Å². The Hall–Kier alpha value is -1.96. The van der Waals surface area contributed by atoms with Crippen LogP contribution in [0.25, 0.3) is 23.3 Å². The molecule has 2 unspecified atom stereocenters. The van der Waals surface area contributed by atoms with Crippen molar-refractivity contribution in [2.45, 2.75) is 72.7 Å². The van der Waals surface area contributed by atoms with E-state index in [0.717, 1.165) is 25.7 Å². The Morgan fingerprint density at radius 3 is 2.07 bits per heavy atom. The zero-order valence-electron chi connectivity index (χ0n) is 26.7. The van der Waals surface area contributed by atoms with E-state index >= 15 is 0 Å². The molecule has 2 aliphatic rings. The van der Waals surface area contributed by atoms with Gasteiger partial charge in [0.2, 0.25) is 0 Å². The molecule has 4 aromatic rings. The summed E-state index contributed by atoms with van der Waals surface area (Å²) in [4.78, 5) is 0.